The van der Waals surface area contributed by atoms with Crippen molar-refractivity contribution in [1.29, 1.82) is 0 Å². The molecule has 1 atom stereocenters. The second-order valence-corrected chi connectivity index (χ2v) is 5.33. The first-order valence-corrected chi connectivity index (χ1v) is 6.94. The van der Waals surface area contributed by atoms with E-state index in [9.17, 15) is 0 Å². The second kappa shape index (κ2) is 4.07. The maximum atomic E-state index is 5.93. The van der Waals surface area contributed by atoms with Crippen molar-refractivity contribution in [3.05, 3.63) is 47.7 Å². The summed E-state index contributed by atoms with van der Waals surface area (Å²) in [5.74, 6) is 0.642. The summed E-state index contributed by atoms with van der Waals surface area (Å²) >= 11 is 0. The molecule has 3 nitrogen and oxygen atoms in total. The maximum absolute atomic E-state index is 5.93. The first kappa shape index (κ1) is 11.0. The van der Waals surface area contributed by atoms with Gasteiger partial charge in [0, 0.05) is 30.3 Å². The number of para-hydroxylation sites is 2. The molecule has 4 rings (SSSR count). The van der Waals surface area contributed by atoms with Crippen molar-refractivity contribution in [1.82, 2.24) is 0 Å². The highest BCUT2D eigenvalue weighted by Crippen LogP contribution is 2.45. The molecule has 96 valence electrons. The molecule has 0 saturated carbocycles. The molecular formula is C16H17N3. The number of nitrogens with zero attached hydrogens (tertiary/aromatic N) is 2. The Kier molecular flexibility index (Phi) is 2.35. The average molecular weight is 251 g/mol. The van der Waals surface area contributed by atoms with Crippen molar-refractivity contribution in [2.24, 2.45) is 16.6 Å². The van der Waals surface area contributed by atoms with Crippen molar-refractivity contribution < 1.29 is 0 Å². The van der Waals surface area contributed by atoms with Crippen molar-refractivity contribution in [3.8, 4) is 0 Å². The molecule has 0 aromatic heterocycles. The van der Waals surface area contributed by atoms with Crippen LogP contribution in [0, 0.1) is 5.92 Å². The Labute approximate surface area is 113 Å². The predicted octanol–water partition coefficient (Wildman–Crippen LogP) is 2.77. The minimum atomic E-state index is 0.498. The van der Waals surface area contributed by atoms with Gasteiger partial charge < -0.3 is 10.6 Å². The molecular weight excluding hydrogens is 234 g/mol. The Morgan fingerprint density at radius 3 is 3.11 bits per heavy atom. The molecule has 1 saturated heterocycles. The third-order valence-electron chi connectivity index (χ3n) is 4.29. The number of allylic oxidation sites excluding steroid dienone is 3. The number of rotatable bonds is 1. The van der Waals surface area contributed by atoms with E-state index in [0.717, 1.165) is 24.4 Å². The number of hydrogen-bond donors (Lipinski definition) is 1. The van der Waals surface area contributed by atoms with Crippen LogP contribution in [-0.2, 0) is 0 Å². The molecule has 1 aromatic rings. The normalized spacial score (nSPS) is 23.9. The summed E-state index contributed by atoms with van der Waals surface area (Å²) in [6, 6.07) is 8.39. The zero-order valence-electron chi connectivity index (χ0n) is 10.8. The van der Waals surface area contributed by atoms with Gasteiger partial charge in [-0.15, -0.1) is 0 Å². The average Bonchev–Trinajstić information content (AvgIpc) is 2.83. The molecule has 0 spiro atoms. The van der Waals surface area contributed by atoms with Crippen LogP contribution in [0.3, 0.4) is 0 Å². The van der Waals surface area contributed by atoms with Gasteiger partial charge in [-0.2, -0.15) is 0 Å². The summed E-state index contributed by atoms with van der Waals surface area (Å²) in [7, 11) is 0. The Bertz CT molecular complexity index is 625. The van der Waals surface area contributed by atoms with Crippen LogP contribution < -0.4 is 10.6 Å². The van der Waals surface area contributed by atoms with Crippen LogP contribution in [-0.4, -0.2) is 18.8 Å². The van der Waals surface area contributed by atoms with Gasteiger partial charge in [0.2, 0.25) is 0 Å². The summed E-state index contributed by atoms with van der Waals surface area (Å²) in [6.45, 7) is 1.59. The molecule has 0 amide bonds. The molecule has 2 heterocycles. The van der Waals surface area contributed by atoms with E-state index >= 15 is 0 Å². The Balaban J connectivity index is 2.00. The van der Waals surface area contributed by atoms with Crippen LogP contribution in [0.1, 0.15) is 12.8 Å². The van der Waals surface area contributed by atoms with Crippen LogP contribution in [0.15, 0.2) is 52.7 Å². The van der Waals surface area contributed by atoms with E-state index in [4.69, 9.17) is 10.7 Å². The number of fused-ring (bicyclic) bond motifs is 2. The molecule has 1 aliphatic carbocycles. The summed E-state index contributed by atoms with van der Waals surface area (Å²) in [4.78, 5) is 7.25. The number of aliphatic imine (C=N–C) groups is 1. The topological polar surface area (TPSA) is 41.6 Å². The van der Waals surface area contributed by atoms with Gasteiger partial charge >= 0.3 is 0 Å². The lowest BCUT2D eigenvalue weighted by Crippen LogP contribution is -2.24. The molecule has 1 fully saturated rings. The molecule has 2 aliphatic heterocycles. The molecule has 3 heteroatoms. The van der Waals surface area contributed by atoms with E-state index in [1.807, 2.05) is 6.07 Å². The van der Waals surface area contributed by atoms with Gasteiger partial charge in [-0.1, -0.05) is 24.3 Å². The van der Waals surface area contributed by atoms with E-state index in [1.54, 1.807) is 0 Å². The van der Waals surface area contributed by atoms with Gasteiger partial charge in [-0.3, -0.25) is 0 Å². The predicted molar refractivity (Wildman–Crippen MR) is 78.8 cm³/mol. The lowest BCUT2D eigenvalue weighted by atomic mass is 9.90. The SMILES string of the molecule is NCC1=Nc2ccccc2N2CCC3CC=CC1=C32. The smallest absolute Gasteiger partial charge is 0.0870 e. The van der Waals surface area contributed by atoms with Gasteiger partial charge in [0.15, 0.2) is 0 Å². The highest BCUT2D eigenvalue weighted by atomic mass is 15.2. The Hall–Kier alpha value is -1.87. The van der Waals surface area contributed by atoms with E-state index in [-0.39, 0.29) is 0 Å². The second-order valence-electron chi connectivity index (χ2n) is 5.33. The Morgan fingerprint density at radius 1 is 1.32 bits per heavy atom. The lowest BCUT2D eigenvalue weighted by molar-refractivity contribution is 0.644. The van der Waals surface area contributed by atoms with Crippen LogP contribution in [0.5, 0.6) is 0 Å². The van der Waals surface area contributed by atoms with Crippen molar-refractivity contribution in [2.45, 2.75) is 12.8 Å². The zero-order valence-corrected chi connectivity index (χ0v) is 10.8. The van der Waals surface area contributed by atoms with Crippen LogP contribution in [0.2, 0.25) is 0 Å². The minimum absolute atomic E-state index is 0.498. The third-order valence-corrected chi connectivity index (χ3v) is 4.29. The third kappa shape index (κ3) is 1.51. The number of hydrogen-bond acceptors (Lipinski definition) is 3. The number of benzene rings is 1. The van der Waals surface area contributed by atoms with Crippen molar-refractivity contribution >= 4 is 17.1 Å². The largest absolute Gasteiger partial charge is 0.342 e. The number of anilines is 1. The quantitative estimate of drug-likeness (QED) is 0.834. The zero-order chi connectivity index (χ0) is 12.8. The van der Waals surface area contributed by atoms with Crippen LogP contribution in [0.4, 0.5) is 11.4 Å². The van der Waals surface area contributed by atoms with E-state index in [1.165, 1.54) is 23.4 Å². The van der Waals surface area contributed by atoms with Gasteiger partial charge in [-0.05, 0) is 25.0 Å². The van der Waals surface area contributed by atoms with Crippen LogP contribution >= 0.6 is 0 Å². The summed E-state index contributed by atoms with van der Waals surface area (Å²) < 4.78 is 0. The molecule has 3 aliphatic rings. The fraction of sp³-hybridized carbons (Fsp3) is 0.312. The van der Waals surface area contributed by atoms with E-state index in [0.29, 0.717) is 12.5 Å². The Morgan fingerprint density at radius 2 is 2.21 bits per heavy atom. The highest BCUT2D eigenvalue weighted by Gasteiger charge is 2.35. The van der Waals surface area contributed by atoms with E-state index in [2.05, 4.69) is 35.3 Å². The summed E-state index contributed by atoms with van der Waals surface area (Å²) in [5.41, 5.74) is 11.9. The minimum Gasteiger partial charge on any atom is -0.342 e. The molecule has 19 heavy (non-hydrogen) atoms. The molecule has 1 unspecified atom stereocenters. The summed E-state index contributed by atoms with van der Waals surface area (Å²) in [6.07, 6.45) is 6.86. The first-order valence-electron chi connectivity index (χ1n) is 6.94. The monoisotopic (exact) mass is 251 g/mol. The fourth-order valence-electron chi connectivity index (χ4n) is 3.44. The molecule has 0 radical (unpaired) electrons. The first-order chi connectivity index (χ1) is 9.38. The van der Waals surface area contributed by atoms with Gasteiger partial charge in [0.05, 0.1) is 17.1 Å². The fourth-order valence-corrected chi connectivity index (χ4v) is 3.44. The van der Waals surface area contributed by atoms with Crippen LogP contribution in [0.25, 0.3) is 0 Å². The van der Waals surface area contributed by atoms with Gasteiger partial charge in [0.1, 0.15) is 0 Å². The van der Waals surface area contributed by atoms with Gasteiger partial charge in [-0.25, -0.2) is 4.99 Å². The highest BCUT2D eigenvalue weighted by molar-refractivity contribution is 6.08. The molecule has 0 bridgehead atoms. The van der Waals surface area contributed by atoms with Crippen molar-refractivity contribution in [2.75, 3.05) is 18.0 Å². The number of nitrogens with two attached hydrogens (primary N) is 1. The maximum Gasteiger partial charge on any atom is 0.0870 e. The molecule has 2 N–H and O–H groups in total. The molecule has 1 aromatic carbocycles. The van der Waals surface area contributed by atoms with E-state index < -0.39 is 0 Å². The lowest BCUT2D eigenvalue weighted by Gasteiger charge is -2.25. The van der Waals surface area contributed by atoms with Gasteiger partial charge in [0.25, 0.3) is 0 Å². The standard InChI is InChI=1S/C16H17N3/c17-10-14-12-5-3-4-11-8-9-19(16(11)12)15-7-2-1-6-13(15)18-14/h1-3,5-7,11H,4,8-10,17H2. The van der Waals surface area contributed by atoms with Crippen molar-refractivity contribution in [3.63, 3.8) is 0 Å². The summed E-state index contributed by atoms with van der Waals surface area (Å²) in [5, 5.41) is 0.